The standard InChI is InChI=1S/C9H8FNO.K/c1-6-2-3-7(4-11)9(10)8(6)5-12;/h2-3H,1,4,11H2;/q-2;+1. The molecule has 4 heteroatoms. The second kappa shape index (κ2) is 5.90. The first-order valence-electron chi connectivity index (χ1n) is 3.42. The molecule has 0 atom stereocenters. The molecule has 0 aliphatic rings. The molecule has 0 heterocycles. The van der Waals surface area contributed by atoms with Crippen molar-refractivity contribution in [3.63, 3.8) is 0 Å². The summed E-state index contributed by atoms with van der Waals surface area (Å²) in [7, 11) is 0. The molecular weight excluding hydrogens is 196 g/mol. The van der Waals surface area contributed by atoms with Gasteiger partial charge in [0.1, 0.15) is 0 Å². The van der Waals surface area contributed by atoms with E-state index >= 15 is 0 Å². The predicted octanol–water partition coefficient (Wildman–Crippen LogP) is -2.07. The normalized spacial score (nSPS) is 9.08. The fourth-order valence-electron chi connectivity index (χ4n) is 0.927. The van der Waals surface area contributed by atoms with Crippen molar-refractivity contribution in [3.05, 3.63) is 41.6 Å². The largest absolute Gasteiger partial charge is 1.00 e. The molecule has 0 spiro atoms. The van der Waals surface area contributed by atoms with Crippen LogP contribution < -0.4 is 57.1 Å². The van der Waals surface area contributed by atoms with Crippen molar-refractivity contribution in [3.8, 4) is 0 Å². The van der Waals surface area contributed by atoms with Crippen LogP contribution in [0.15, 0.2) is 12.1 Å². The van der Waals surface area contributed by atoms with E-state index < -0.39 is 5.82 Å². The van der Waals surface area contributed by atoms with E-state index in [0.29, 0.717) is 11.1 Å². The summed E-state index contributed by atoms with van der Waals surface area (Å²) in [6.07, 6.45) is 1.50. The molecule has 0 aliphatic carbocycles. The van der Waals surface area contributed by atoms with E-state index in [1.807, 2.05) is 0 Å². The van der Waals surface area contributed by atoms with Gasteiger partial charge in [-0.25, -0.2) is 11.6 Å². The molecule has 0 fully saturated rings. The number of nitrogens with two attached hydrogens (primary N) is 1. The Balaban J connectivity index is 0.00000144. The van der Waals surface area contributed by atoms with Gasteiger partial charge < -0.3 is 10.5 Å². The summed E-state index contributed by atoms with van der Waals surface area (Å²) in [6.45, 7) is 3.55. The van der Waals surface area contributed by atoms with Crippen LogP contribution in [0, 0.1) is 12.7 Å². The summed E-state index contributed by atoms with van der Waals surface area (Å²) in [5.74, 6) is -0.611. The number of carbonyl (C=O) groups excluding carboxylic acids is 1. The van der Waals surface area contributed by atoms with Crippen molar-refractivity contribution in [2.45, 2.75) is 6.54 Å². The van der Waals surface area contributed by atoms with E-state index in [9.17, 15) is 9.18 Å². The average molecular weight is 204 g/mol. The molecule has 1 aromatic rings. The van der Waals surface area contributed by atoms with Crippen LogP contribution in [-0.2, 0) is 11.3 Å². The summed E-state index contributed by atoms with van der Waals surface area (Å²) in [4.78, 5) is 10.3. The predicted molar refractivity (Wildman–Crippen MR) is 43.5 cm³/mol. The number of hydrogen-bond acceptors (Lipinski definition) is 2. The van der Waals surface area contributed by atoms with Gasteiger partial charge >= 0.3 is 51.4 Å². The summed E-state index contributed by atoms with van der Waals surface area (Å²) in [5, 5.41) is 0. The van der Waals surface area contributed by atoms with Gasteiger partial charge in [-0.1, -0.05) is 5.56 Å². The van der Waals surface area contributed by atoms with Gasteiger partial charge in [-0.15, -0.1) is 6.07 Å². The van der Waals surface area contributed by atoms with Crippen LogP contribution in [0.4, 0.5) is 4.39 Å². The van der Waals surface area contributed by atoms with Crippen LogP contribution in [0.5, 0.6) is 0 Å². The van der Waals surface area contributed by atoms with Crippen molar-refractivity contribution in [1.29, 1.82) is 0 Å². The minimum absolute atomic E-state index is 0. The molecule has 0 radical (unpaired) electrons. The number of halogens is 1. The van der Waals surface area contributed by atoms with E-state index in [1.54, 1.807) is 6.07 Å². The maximum Gasteiger partial charge on any atom is 1.00 e. The van der Waals surface area contributed by atoms with Crippen molar-refractivity contribution in [1.82, 2.24) is 0 Å². The third-order valence-electron chi connectivity index (χ3n) is 1.63. The molecule has 0 bridgehead atoms. The smallest absolute Gasteiger partial charge is 0.391 e. The fourth-order valence-corrected chi connectivity index (χ4v) is 0.927. The molecule has 1 aromatic carbocycles. The third kappa shape index (κ3) is 2.87. The quantitative estimate of drug-likeness (QED) is 0.444. The maximum absolute atomic E-state index is 13.2. The average Bonchev–Trinajstić information content (AvgIpc) is 2.06. The molecule has 0 unspecified atom stereocenters. The van der Waals surface area contributed by atoms with Gasteiger partial charge in [0.15, 0.2) is 0 Å². The Hall–Kier alpha value is 0.286. The molecule has 0 saturated heterocycles. The third-order valence-corrected chi connectivity index (χ3v) is 1.63. The molecule has 0 aromatic heterocycles. The Bertz CT molecular complexity index is 315. The maximum atomic E-state index is 13.2. The van der Waals surface area contributed by atoms with E-state index in [1.165, 1.54) is 12.4 Å². The van der Waals surface area contributed by atoms with Gasteiger partial charge in [-0.3, -0.25) is 16.9 Å². The first kappa shape index (κ1) is 13.3. The summed E-state index contributed by atoms with van der Waals surface area (Å²) < 4.78 is 13.2. The van der Waals surface area contributed by atoms with Crippen molar-refractivity contribution < 1.29 is 60.6 Å². The Morgan fingerprint density at radius 2 is 2.15 bits per heavy atom. The number of rotatable bonds is 2. The van der Waals surface area contributed by atoms with E-state index in [0.717, 1.165) is 0 Å². The minimum atomic E-state index is -0.611. The van der Waals surface area contributed by atoms with Crippen molar-refractivity contribution in [2.75, 3.05) is 0 Å². The monoisotopic (exact) mass is 204 g/mol. The molecule has 0 amide bonds. The molecule has 13 heavy (non-hydrogen) atoms. The second-order valence-electron chi connectivity index (χ2n) is 2.38. The van der Waals surface area contributed by atoms with Gasteiger partial charge in [0.25, 0.3) is 0 Å². The van der Waals surface area contributed by atoms with Gasteiger partial charge in [-0.2, -0.15) is 0 Å². The van der Waals surface area contributed by atoms with Crippen LogP contribution in [0.3, 0.4) is 0 Å². The summed E-state index contributed by atoms with van der Waals surface area (Å²) >= 11 is 0. The van der Waals surface area contributed by atoms with Crippen LogP contribution in [0.2, 0.25) is 0 Å². The Kier molecular flexibility index (Phi) is 6.03. The molecule has 1 rings (SSSR count). The Labute approximate surface area is 119 Å². The first-order chi connectivity index (χ1) is 5.70. The van der Waals surface area contributed by atoms with Gasteiger partial charge in [-0.05, 0) is 12.1 Å². The molecule has 0 aliphatic heterocycles. The van der Waals surface area contributed by atoms with Crippen LogP contribution >= 0.6 is 0 Å². The van der Waals surface area contributed by atoms with Gasteiger partial charge in [0, 0.05) is 6.54 Å². The zero-order valence-corrected chi connectivity index (χ0v) is 10.6. The van der Waals surface area contributed by atoms with Gasteiger partial charge in [0.05, 0.1) is 0 Å². The number of benzene rings is 1. The zero-order valence-electron chi connectivity index (χ0n) is 7.43. The molecule has 2 N–H and O–H groups in total. The van der Waals surface area contributed by atoms with Crippen LogP contribution in [0.1, 0.15) is 16.7 Å². The fraction of sp³-hybridized carbons (Fsp3) is 0.111. The van der Waals surface area contributed by atoms with Crippen molar-refractivity contribution in [2.24, 2.45) is 5.73 Å². The zero-order chi connectivity index (χ0) is 9.14. The molecule has 2 nitrogen and oxygen atoms in total. The van der Waals surface area contributed by atoms with Crippen LogP contribution in [-0.4, -0.2) is 6.29 Å². The summed E-state index contributed by atoms with van der Waals surface area (Å²) in [5.41, 5.74) is 5.75. The molecular formula is C9H8FKNO-. The number of hydrogen-bond donors (Lipinski definition) is 1. The van der Waals surface area contributed by atoms with E-state index in [4.69, 9.17) is 5.73 Å². The molecule has 64 valence electrons. The van der Waals surface area contributed by atoms with Crippen LogP contribution in [0.25, 0.3) is 0 Å². The summed E-state index contributed by atoms with van der Waals surface area (Å²) in [6, 6.07) is 3.06. The Morgan fingerprint density at radius 3 is 2.62 bits per heavy atom. The minimum Gasteiger partial charge on any atom is -0.391 e. The molecule has 0 saturated carbocycles. The van der Waals surface area contributed by atoms with Gasteiger partial charge in [0.2, 0.25) is 0 Å². The van der Waals surface area contributed by atoms with Crippen molar-refractivity contribution >= 4 is 6.29 Å². The first-order valence-corrected chi connectivity index (χ1v) is 3.42. The Morgan fingerprint density at radius 1 is 1.54 bits per heavy atom. The SMILES string of the molecule is [CH2-]c1ccc(CN)c(F)c1[C-]=O.[K+]. The van der Waals surface area contributed by atoms with E-state index in [-0.39, 0.29) is 63.5 Å². The second-order valence-corrected chi connectivity index (χ2v) is 2.38. The topological polar surface area (TPSA) is 43.1 Å². The van der Waals surface area contributed by atoms with E-state index in [2.05, 4.69) is 6.92 Å².